The summed E-state index contributed by atoms with van der Waals surface area (Å²) in [6, 6.07) is 7.87. The van der Waals surface area contributed by atoms with Crippen molar-refractivity contribution in [3.05, 3.63) is 53.7 Å². The van der Waals surface area contributed by atoms with Gasteiger partial charge in [0.15, 0.2) is 17.5 Å². The molecule has 164 valence electrons. The van der Waals surface area contributed by atoms with Gasteiger partial charge < -0.3 is 15.2 Å². The number of anilines is 1. The third kappa shape index (κ3) is 5.14. The van der Waals surface area contributed by atoms with Crippen LogP contribution in [0.15, 0.2) is 36.5 Å². The van der Waals surface area contributed by atoms with Crippen molar-refractivity contribution in [2.75, 3.05) is 19.0 Å². The molecule has 2 aromatic heterocycles. The Balaban J connectivity index is 1.86. The van der Waals surface area contributed by atoms with Gasteiger partial charge in [0.2, 0.25) is 5.88 Å². The van der Waals surface area contributed by atoms with Crippen molar-refractivity contribution >= 4 is 11.8 Å². The van der Waals surface area contributed by atoms with Crippen molar-refractivity contribution in [2.24, 2.45) is 11.8 Å². The molecule has 1 aromatic carbocycles. The van der Waals surface area contributed by atoms with Crippen LogP contribution in [0.25, 0.3) is 11.5 Å². The molecule has 0 spiro atoms. The lowest BCUT2D eigenvalue weighted by Gasteiger charge is -2.17. The fourth-order valence-corrected chi connectivity index (χ4v) is 3.00. The number of rotatable bonds is 9. The molecule has 0 fully saturated rings. The smallest absolute Gasteiger partial charge is 0.308 e. The lowest BCUT2D eigenvalue weighted by Crippen LogP contribution is -2.28. The number of carboxylic acids is 1. The average molecular weight is 431 g/mol. The standard InChI is InChI=1S/C21H23F2N5O3/c1-12(2)14(21(29)30)9-24-19-16(23)10-25-20(26-19)17-8-18(31-3)28(27-17)11-13-6-4-5-7-15(13)22/h4-8,10,12,14H,9,11H2,1-3H3,(H,29,30)(H,24,25,26). The Hall–Kier alpha value is -3.56. The number of carbonyl (C=O) groups is 1. The van der Waals surface area contributed by atoms with E-state index in [0.717, 1.165) is 6.20 Å². The normalized spacial score (nSPS) is 12.1. The Labute approximate surface area is 177 Å². The number of aliphatic carboxylic acids is 1. The number of hydrogen-bond acceptors (Lipinski definition) is 6. The van der Waals surface area contributed by atoms with Crippen LogP contribution in [-0.4, -0.2) is 44.5 Å². The first-order valence-corrected chi connectivity index (χ1v) is 9.65. The average Bonchev–Trinajstić information content (AvgIpc) is 3.13. The third-order valence-corrected chi connectivity index (χ3v) is 4.81. The van der Waals surface area contributed by atoms with E-state index < -0.39 is 17.7 Å². The van der Waals surface area contributed by atoms with Gasteiger partial charge in [0.1, 0.15) is 11.5 Å². The second-order valence-electron chi connectivity index (χ2n) is 7.28. The van der Waals surface area contributed by atoms with Crippen molar-refractivity contribution in [2.45, 2.75) is 20.4 Å². The van der Waals surface area contributed by atoms with Gasteiger partial charge in [-0.25, -0.2) is 23.4 Å². The summed E-state index contributed by atoms with van der Waals surface area (Å²) in [7, 11) is 1.45. The van der Waals surface area contributed by atoms with Gasteiger partial charge in [0, 0.05) is 18.2 Å². The summed E-state index contributed by atoms with van der Waals surface area (Å²) in [6.45, 7) is 3.68. The molecule has 0 saturated heterocycles. The molecular weight excluding hydrogens is 408 g/mol. The summed E-state index contributed by atoms with van der Waals surface area (Å²) < 4.78 is 35.0. The minimum atomic E-state index is -0.978. The first-order valence-electron chi connectivity index (χ1n) is 9.65. The highest BCUT2D eigenvalue weighted by atomic mass is 19.1. The Morgan fingerprint density at radius 1 is 1.26 bits per heavy atom. The van der Waals surface area contributed by atoms with Crippen LogP contribution in [0.3, 0.4) is 0 Å². The fraction of sp³-hybridized carbons (Fsp3) is 0.333. The molecule has 3 aromatic rings. The Morgan fingerprint density at radius 2 is 2.00 bits per heavy atom. The van der Waals surface area contributed by atoms with E-state index in [1.54, 1.807) is 38.1 Å². The highest BCUT2D eigenvalue weighted by Gasteiger charge is 2.22. The van der Waals surface area contributed by atoms with Gasteiger partial charge in [0.05, 0.1) is 25.8 Å². The summed E-state index contributed by atoms with van der Waals surface area (Å²) in [5, 5.41) is 16.4. The molecular formula is C21H23F2N5O3. The molecule has 0 bridgehead atoms. The third-order valence-electron chi connectivity index (χ3n) is 4.81. The highest BCUT2D eigenvalue weighted by molar-refractivity contribution is 5.71. The Kier molecular flexibility index (Phi) is 6.78. The first kappa shape index (κ1) is 22.1. The van der Waals surface area contributed by atoms with Crippen LogP contribution in [0.4, 0.5) is 14.6 Å². The van der Waals surface area contributed by atoms with Crippen LogP contribution in [0.5, 0.6) is 5.88 Å². The molecule has 2 N–H and O–H groups in total. The van der Waals surface area contributed by atoms with Crippen LogP contribution in [0.2, 0.25) is 0 Å². The summed E-state index contributed by atoms with van der Waals surface area (Å²) in [5.41, 5.74) is 0.723. The van der Waals surface area contributed by atoms with Crippen molar-refractivity contribution in [3.63, 3.8) is 0 Å². The maximum absolute atomic E-state index is 14.2. The number of aromatic nitrogens is 4. The quantitative estimate of drug-likeness (QED) is 0.535. The van der Waals surface area contributed by atoms with E-state index in [2.05, 4.69) is 20.4 Å². The zero-order valence-corrected chi connectivity index (χ0v) is 17.3. The molecule has 8 nitrogen and oxygen atoms in total. The van der Waals surface area contributed by atoms with Gasteiger partial charge in [-0.15, -0.1) is 0 Å². The number of benzene rings is 1. The van der Waals surface area contributed by atoms with Gasteiger partial charge in [0.25, 0.3) is 0 Å². The molecule has 2 heterocycles. The van der Waals surface area contributed by atoms with Crippen molar-refractivity contribution < 1.29 is 23.4 Å². The summed E-state index contributed by atoms with van der Waals surface area (Å²) in [5.74, 6) is -2.57. The first-order chi connectivity index (χ1) is 14.8. The molecule has 0 radical (unpaired) electrons. The van der Waals surface area contributed by atoms with Crippen LogP contribution in [0, 0.1) is 23.5 Å². The number of carboxylic acid groups (broad SMARTS) is 1. The molecule has 0 saturated carbocycles. The molecule has 1 atom stereocenters. The van der Waals surface area contributed by atoms with E-state index >= 15 is 0 Å². The van der Waals surface area contributed by atoms with Crippen LogP contribution in [0.1, 0.15) is 19.4 Å². The topological polar surface area (TPSA) is 102 Å². The maximum atomic E-state index is 14.2. The van der Waals surface area contributed by atoms with Gasteiger partial charge in [-0.05, 0) is 12.0 Å². The number of halogens is 2. The number of nitrogens with zero attached hydrogens (tertiary/aromatic N) is 4. The van der Waals surface area contributed by atoms with E-state index in [4.69, 9.17) is 4.74 Å². The van der Waals surface area contributed by atoms with E-state index in [0.29, 0.717) is 17.1 Å². The molecule has 3 rings (SSSR count). The lowest BCUT2D eigenvalue weighted by atomic mass is 9.96. The Morgan fingerprint density at radius 3 is 2.65 bits per heavy atom. The van der Waals surface area contributed by atoms with Crippen LogP contribution in [-0.2, 0) is 11.3 Å². The highest BCUT2D eigenvalue weighted by Crippen LogP contribution is 2.24. The molecule has 1 unspecified atom stereocenters. The predicted octanol–water partition coefficient (Wildman–Crippen LogP) is 3.44. The predicted molar refractivity (Wildman–Crippen MR) is 110 cm³/mol. The van der Waals surface area contributed by atoms with Crippen molar-refractivity contribution in [1.29, 1.82) is 0 Å². The molecule has 31 heavy (non-hydrogen) atoms. The van der Waals surface area contributed by atoms with Crippen molar-refractivity contribution in [1.82, 2.24) is 19.7 Å². The van der Waals surface area contributed by atoms with E-state index in [9.17, 15) is 18.7 Å². The second-order valence-corrected chi connectivity index (χ2v) is 7.28. The van der Waals surface area contributed by atoms with E-state index in [1.165, 1.54) is 17.9 Å². The molecule has 0 aliphatic carbocycles. The van der Waals surface area contributed by atoms with Crippen LogP contribution < -0.4 is 10.1 Å². The van der Waals surface area contributed by atoms with Gasteiger partial charge in [-0.2, -0.15) is 5.10 Å². The molecule has 0 aliphatic heterocycles. The summed E-state index contributed by atoms with van der Waals surface area (Å²) >= 11 is 0. The SMILES string of the molecule is COc1cc(-c2ncc(F)c(NCC(C(=O)O)C(C)C)n2)nn1Cc1ccccc1F. The second kappa shape index (κ2) is 9.50. The number of hydrogen-bond donors (Lipinski definition) is 2. The van der Waals surface area contributed by atoms with Crippen molar-refractivity contribution in [3.8, 4) is 17.4 Å². The van der Waals surface area contributed by atoms with Gasteiger partial charge >= 0.3 is 5.97 Å². The molecule has 10 heteroatoms. The fourth-order valence-electron chi connectivity index (χ4n) is 3.00. The molecule has 0 amide bonds. The van der Waals surface area contributed by atoms with E-state index in [1.807, 2.05) is 0 Å². The van der Waals surface area contributed by atoms with Crippen LogP contribution >= 0.6 is 0 Å². The number of ether oxygens (including phenoxy) is 1. The minimum absolute atomic E-state index is 0.00538. The minimum Gasteiger partial charge on any atom is -0.481 e. The maximum Gasteiger partial charge on any atom is 0.308 e. The number of nitrogens with one attached hydrogen (secondary N) is 1. The summed E-state index contributed by atoms with van der Waals surface area (Å²) in [4.78, 5) is 19.5. The monoisotopic (exact) mass is 431 g/mol. The molecule has 0 aliphatic rings. The summed E-state index contributed by atoms with van der Waals surface area (Å²) in [6.07, 6.45) is 0.984. The zero-order valence-electron chi connectivity index (χ0n) is 17.3. The van der Waals surface area contributed by atoms with Gasteiger partial charge in [-0.3, -0.25) is 4.79 Å². The Bertz CT molecular complexity index is 1070. The largest absolute Gasteiger partial charge is 0.481 e. The lowest BCUT2D eigenvalue weighted by molar-refractivity contribution is -0.142. The van der Waals surface area contributed by atoms with Gasteiger partial charge in [-0.1, -0.05) is 32.0 Å². The number of methoxy groups -OCH3 is 1. The van der Waals surface area contributed by atoms with E-state index in [-0.39, 0.29) is 36.5 Å². The zero-order chi connectivity index (χ0) is 22.5.